The molecule has 0 radical (unpaired) electrons. The van der Waals surface area contributed by atoms with Crippen LogP contribution in [0.5, 0.6) is 5.75 Å². The average Bonchev–Trinajstić information content (AvgIpc) is 2.74. The Hall–Kier alpha value is -2.63. The van der Waals surface area contributed by atoms with Gasteiger partial charge in [-0.3, -0.25) is 14.7 Å². The van der Waals surface area contributed by atoms with Crippen molar-refractivity contribution in [3.8, 4) is 5.75 Å². The first-order valence-electron chi connectivity index (χ1n) is 9.72. The van der Waals surface area contributed by atoms with Crippen molar-refractivity contribution < 1.29 is 14.6 Å². The molecule has 1 aromatic heterocycles. The number of para-hydroxylation sites is 1. The van der Waals surface area contributed by atoms with E-state index in [1.54, 1.807) is 13.2 Å². The first-order chi connectivity index (χ1) is 14.1. The topological polar surface area (TPSA) is 62.7 Å². The van der Waals surface area contributed by atoms with Crippen LogP contribution in [-0.4, -0.2) is 41.2 Å². The number of benzene rings is 2. The third-order valence-corrected chi connectivity index (χ3v) is 5.82. The number of aliphatic carboxylic acids is 1. The predicted octanol–water partition coefficient (Wildman–Crippen LogP) is 4.78. The lowest BCUT2D eigenvalue weighted by molar-refractivity contribution is -0.143. The van der Waals surface area contributed by atoms with Gasteiger partial charge in [0, 0.05) is 28.7 Å². The Balaban J connectivity index is 1.84. The number of carbonyl (C=O) groups is 1. The van der Waals surface area contributed by atoms with Gasteiger partial charge in [-0.15, -0.1) is 0 Å². The largest absolute Gasteiger partial charge is 0.496 e. The molecule has 2 aromatic carbocycles. The summed E-state index contributed by atoms with van der Waals surface area (Å²) in [5, 5.41) is 11.2. The van der Waals surface area contributed by atoms with Crippen LogP contribution in [0.4, 0.5) is 0 Å². The molecule has 1 aliphatic rings. The molecule has 0 amide bonds. The summed E-state index contributed by atoms with van der Waals surface area (Å²) in [6.07, 6.45) is 3.40. The van der Waals surface area contributed by atoms with E-state index in [1.807, 2.05) is 42.6 Å². The molecular weight excluding hydrogens is 388 g/mol. The molecule has 1 fully saturated rings. The maximum absolute atomic E-state index is 11.7. The predicted molar refractivity (Wildman–Crippen MR) is 114 cm³/mol. The summed E-state index contributed by atoms with van der Waals surface area (Å²) >= 11 is 6.33. The van der Waals surface area contributed by atoms with Crippen LogP contribution >= 0.6 is 11.6 Å². The Labute approximate surface area is 174 Å². The van der Waals surface area contributed by atoms with E-state index in [0.717, 1.165) is 40.7 Å². The molecule has 1 aliphatic heterocycles. The minimum Gasteiger partial charge on any atom is -0.496 e. The highest BCUT2D eigenvalue weighted by Crippen LogP contribution is 2.39. The van der Waals surface area contributed by atoms with Crippen LogP contribution in [0, 0.1) is 5.92 Å². The Morgan fingerprint density at radius 3 is 2.90 bits per heavy atom. The van der Waals surface area contributed by atoms with Gasteiger partial charge in [-0.25, -0.2) is 0 Å². The summed E-state index contributed by atoms with van der Waals surface area (Å²) in [5.74, 6) is -0.405. The number of pyridine rings is 1. The molecule has 29 heavy (non-hydrogen) atoms. The molecule has 0 saturated carbocycles. The minimum atomic E-state index is -0.747. The van der Waals surface area contributed by atoms with E-state index in [-0.39, 0.29) is 12.0 Å². The van der Waals surface area contributed by atoms with Gasteiger partial charge in [-0.1, -0.05) is 29.8 Å². The number of methoxy groups -OCH3 is 1. The summed E-state index contributed by atoms with van der Waals surface area (Å²) in [6.45, 7) is 1.28. The molecule has 2 atom stereocenters. The van der Waals surface area contributed by atoms with E-state index in [9.17, 15) is 9.90 Å². The first kappa shape index (κ1) is 19.7. The molecule has 2 unspecified atom stereocenters. The van der Waals surface area contributed by atoms with Crippen LogP contribution in [0.3, 0.4) is 0 Å². The van der Waals surface area contributed by atoms with Crippen LogP contribution < -0.4 is 4.74 Å². The number of aromatic nitrogens is 1. The second-order valence-electron chi connectivity index (χ2n) is 7.42. The first-order valence-corrected chi connectivity index (χ1v) is 10.1. The van der Waals surface area contributed by atoms with Crippen LogP contribution in [0.1, 0.15) is 30.0 Å². The highest BCUT2D eigenvalue weighted by molar-refractivity contribution is 6.30. The maximum Gasteiger partial charge on any atom is 0.307 e. The lowest BCUT2D eigenvalue weighted by Crippen LogP contribution is -2.41. The van der Waals surface area contributed by atoms with Crippen molar-refractivity contribution in [2.45, 2.75) is 18.9 Å². The quantitative estimate of drug-likeness (QED) is 0.655. The number of likely N-dealkylation sites (tertiary alicyclic amines) is 1. The number of piperidine rings is 1. The number of nitrogens with zero attached hydrogens (tertiary/aromatic N) is 2. The SMILES string of the molecule is COc1ccc(Cl)cc1C(c1cnc2ccccc2c1)N1CCCC(C(=O)O)C1. The maximum atomic E-state index is 11.7. The third-order valence-electron chi connectivity index (χ3n) is 5.58. The number of hydrogen-bond acceptors (Lipinski definition) is 4. The molecule has 0 aliphatic carbocycles. The van der Waals surface area contributed by atoms with Gasteiger partial charge >= 0.3 is 5.97 Å². The van der Waals surface area contributed by atoms with Crippen LogP contribution in [0.2, 0.25) is 5.02 Å². The average molecular weight is 411 g/mol. The highest BCUT2D eigenvalue weighted by atomic mass is 35.5. The van der Waals surface area contributed by atoms with Crippen molar-refractivity contribution in [3.05, 3.63) is 70.9 Å². The fourth-order valence-corrected chi connectivity index (χ4v) is 4.37. The normalized spacial score (nSPS) is 18.5. The van der Waals surface area contributed by atoms with Crippen LogP contribution in [0.15, 0.2) is 54.7 Å². The second kappa shape index (κ2) is 8.39. The highest BCUT2D eigenvalue weighted by Gasteiger charge is 2.33. The molecule has 5 nitrogen and oxygen atoms in total. The molecule has 6 heteroatoms. The zero-order valence-electron chi connectivity index (χ0n) is 16.2. The van der Waals surface area contributed by atoms with Crippen molar-refractivity contribution >= 4 is 28.5 Å². The van der Waals surface area contributed by atoms with E-state index in [0.29, 0.717) is 18.0 Å². The zero-order valence-corrected chi connectivity index (χ0v) is 17.0. The number of fused-ring (bicyclic) bond motifs is 1. The number of ether oxygens (including phenoxy) is 1. The van der Waals surface area contributed by atoms with Crippen LogP contribution in [0.25, 0.3) is 10.9 Å². The van der Waals surface area contributed by atoms with E-state index in [4.69, 9.17) is 16.3 Å². The van der Waals surface area contributed by atoms with Gasteiger partial charge in [0.1, 0.15) is 5.75 Å². The van der Waals surface area contributed by atoms with Gasteiger partial charge in [0.25, 0.3) is 0 Å². The van der Waals surface area contributed by atoms with Gasteiger partial charge in [-0.05, 0) is 55.3 Å². The summed E-state index contributed by atoms with van der Waals surface area (Å²) < 4.78 is 5.63. The molecule has 3 aromatic rings. The third kappa shape index (κ3) is 4.07. The molecule has 150 valence electrons. The van der Waals surface area contributed by atoms with E-state index >= 15 is 0 Å². The smallest absolute Gasteiger partial charge is 0.307 e. The standard InChI is InChI=1S/C23H23ClN2O3/c1-29-21-9-8-18(24)12-19(21)22(26-10-4-6-16(14-26)23(27)28)17-11-15-5-2-3-7-20(15)25-13-17/h2-3,5,7-9,11-13,16,22H,4,6,10,14H2,1H3,(H,27,28). The van der Waals surface area contributed by atoms with E-state index in [2.05, 4.69) is 16.0 Å². The Morgan fingerprint density at radius 1 is 1.28 bits per heavy atom. The summed E-state index contributed by atoms with van der Waals surface area (Å²) in [5.41, 5.74) is 2.84. The number of hydrogen-bond donors (Lipinski definition) is 1. The molecule has 4 rings (SSSR count). The lowest BCUT2D eigenvalue weighted by atomic mass is 9.91. The van der Waals surface area contributed by atoms with Crippen molar-refractivity contribution in [3.63, 3.8) is 0 Å². The van der Waals surface area contributed by atoms with Crippen molar-refractivity contribution in [1.82, 2.24) is 9.88 Å². The van der Waals surface area contributed by atoms with Gasteiger partial charge in [0.15, 0.2) is 0 Å². The second-order valence-corrected chi connectivity index (χ2v) is 7.86. The molecular formula is C23H23ClN2O3. The molecule has 1 saturated heterocycles. The fraction of sp³-hybridized carbons (Fsp3) is 0.304. The van der Waals surface area contributed by atoms with Crippen molar-refractivity contribution in [2.24, 2.45) is 5.92 Å². The molecule has 0 bridgehead atoms. The minimum absolute atomic E-state index is 0.192. The number of rotatable bonds is 5. The summed E-state index contributed by atoms with van der Waals surface area (Å²) in [4.78, 5) is 18.5. The van der Waals surface area contributed by atoms with Crippen molar-refractivity contribution in [1.29, 1.82) is 0 Å². The van der Waals surface area contributed by atoms with Gasteiger partial charge in [0.2, 0.25) is 0 Å². The molecule has 0 spiro atoms. The van der Waals surface area contributed by atoms with E-state index in [1.165, 1.54) is 0 Å². The number of halogens is 1. The zero-order chi connectivity index (χ0) is 20.4. The van der Waals surface area contributed by atoms with Gasteiger partial charge < -0.3 is 9.84 Å². The molecule has 1 N–H and O–H groups in total. The summed E-state index contributed by atoms with van der Waals surface area (Å²) in [6, 6.07) is 15.5. The van der Waals surface area contributed by atoms with Crippen molar-refractivity contribution in [2.75, 3.05) is 20.2 Å². The van der Waals surface area contributed by atoms with Crippen LogP contribution in [-0.2, 0) is 4.79 Å². The van der Waals surface area contributed by atoms with Gasteiger partial charge in [0.05, 0.1) is 24.6 Å². The van der Waals surface area contributed by atoms with Gasteiger partial charge in [-0.2, -0.15) is 0 Å². The molecule has 2 heterocycles. The van der Waals surface area contributed by atoms with E-state index < -0.39 is 5.97 Å². The Morgan fingerprint density at radius 2 is 2.10 bits per heavy atom. The summed E-state index contributed by atoms with van der Waals surface area (Å²) in [7, 11) is 1.64. The number of carboxylic acids is 1. The fourth-order valence-electron chi connectivity index (χ4n) is 4.19. The monoisotopic (exact) mass is 410 g/mol. The Kier molecular flexibility index (Phi) is 5.69. The number of carboxylic acid groups (broad SMARTS) is 1. The Bertz CT molecular complexity index is 1040. The lowest BCUT2D eigenvalue weighted by Gasteiger charge is -2.38.